The smallest absolute Gasteiger partial charge is 0.333 e. The number of rotatable bonds is 7. The minimum Gasteiger partial charge on any atom is -0.479 e. The number of carbonyl (C=O) groups is 1. The highest BCUT2D eigenvalue weighted by molar-refractivity contribution is 7.87. The third-order valence-corrected chi connectivity index (χ3v) is 3.88. The molecular weight excluding hydrogens is 272 g/mol. The zero-order valence-corrected chi connectivity index (χ0v) is 11.2. The summed E-state index contributed by atoms with van der Waals surface area (Å²) in [6, 6.07) is 8.95. The number of carboxylic acid groups (broad SMARTS) is 1. The van der Waals surface area contributed by atoms with Crippen LogP contribution in [0.15, 0.2) is 30.3 Å². The second-order valence-corrected chi connectivity index (χ2v) is 5.81. The number of carboxylic acids is 1. The molecule has 0 unspecified atom stereocenters. The van der Waals surface area contributed by atoms with E-state index in [0.29, 0.717) is 0 Å². The number of aliphatic hydroxyl groups excluding tert-OH is 1. The third-order valence-electron chi connectivity index (χ3n) is 2.40. The molecule has 0 aliphatic carbocycles. The van der Waals surface area contributed by atoms with Gasteiger partial charge in [-0.1, -0.05) is 30.3 Å². The van der Waals surface area contributed by atoms with Crippen LogP contribution in [0.3, 0.4) is 0 Å². The van der Waals surface area contributed by atoms with Crippen LogP contribution in [-0.4, -0.2) is 48.6 Å². The number of nitrogens with one attached hydrogen (secondary N) is 1. The lowest BCUT2D eigenvalue weighted by molar-refractivity contribution is -0.146. The normalized spacial score (nSPS) is 13.4. The fourth-order valence-electron chi connectivity index (χ4n) is 1.31. The van der Waals surface area contributed by atoms with Crippen LogP contribution in [0.5, 0.6) is 0 Å². The van der Waals surface area contributed by atoms with Crippen LogP contribution >= 0.6 is 0 Å². The van der Waals surface area contributed by atoms with Crippen molar-refractivity contribution in [2.75, 3.05) is 13.6 Å². The fraction of sp³-hybridized carbons (Fsp3) is 0.364. The van der Waals surface area contributed by atoms with E-state index >= 15 is 0 Å². The van der Waals surface area contributed by atoms with Gasteiger partial charge in [0.15, 0.2) is 6.10 Å². The molecule has 0 saturated carbocycles. The molecule has 1 aromatic carbocycles. The highest BCUT2D eigenvalue weighted by Crippen LogP contribution is 2.05. The summed E-state index contributed by atoms with van der Waals surface area (Å²) in [4.78, 5) is 10.4. The number of hydrogen-bond donors (Lipinski definition) is 3. The Bertz CT molecular complexity index is 517. The van der Waals surface area contributed by atoms with E-state index in [1.807, 2.05) is 10.8 Å². The zero-order chi connectivity index (χ0) is 14.5. The van der Waals surface area contributed by atoms with Crippen molar-refractivity contribution in [2.24, 2.45) is 0 Å². The van der Waals surface area contributed by atoms with E-state index in [-0.39, 0.29) is 6.54 Å². The van der Waals surface area contributed by atoms with Crippen molar-refractivity contribution in [3.63, 3.8) is 0 Å². The monoisotopic (exact) mass is 288 g/mol. The van der Waals surface area contributed by atoms with E-state index in [1.54, 1.807) is 24.3 Å². The van der Waals surface area contributed by atoms with E-state index in [0.717, 1.165) is 9.87 Å². The summed E-state index contributed by atoms with van der Waals surface area (Å²) in [7, 11) is -2.46. The first kappa shape index (κ1) is 15.6. The molecule has 8 heteroatoms. The summed E-state index contributed by atoms with van der Waals surface area (Å²) < 4.78 is 26.6. The minimum absolute atomic E-state index is 0.152. The van der Waals surface area contributed by atoms with Crippen LogP contribution in [0.25, 0.3) is 0 Å². The molecular formula is C11H16N2O5S. The number of aliphatic hydroxyl groups is 1. The Balaban J connectivity index is 2.59. The van der Waals surface area contributed by atoms with Gasteiger partial charge in [-0.3, -0.25) is 0 Å². The molecule has 0 bridgehead atoms. The predicted molar refractivity (Wildman–Crippen MR) is 68.5 cm³/mol. The van der Waals surface area contributed by atoms with Gasteiger partial charge in [0.25, 0.3) is 10.2 Å². The van der Waals surface area contributed by atoms with Gasteiger partial charge in [-0.15, -0.1) is 0 Å². The highest BCUT2D eigenvalue weighted by atomic mass is 32.2. The first-order valence-electron chi connectivity index (χ1n) is 5.48. The van der Waals surface area contributed by atoms with Crippen LogP contribution in [0, 0.1) is 0 Å². The summed E-state index contributed by atoms with van der Waals surface area (Å²) in [5, 5.41) is 17.5. The van der Waals surface area contributed by atoms with Crippen LogP contribution in [0.4, 0.5) is 0 Å². The van der Waals surface area contributed by atoms with Gasteiger partial charge >= 0.3 is 5.97 Å². The third kappa shape index (κ3) is 4.95. The van der Waals surface area contributed by atoms with Crippen LogP contribution in [0.1, 0.15) is 5.56 Å². The molecule has 7 nitrogen and oxygen atoms in total. The predicted octanol–water partition coefficient (Wildman–Crippen LogP) is -0.602. The second kappa shape index (κ2) is 6.62. The van der Waals surface area contributed by atoms with Gasteiger partial charge in [0, 0.05) is 20.1 Å². The average molecular weight is 288 g/mol. The van der Waals surface area contributed by atoms with Crippen molar-refractivity contribution < 1.29 is 23.4 Å². The molecule has 0 aromatic heterocycles. The van der Waals surface area contributed by atoms with E-state index in [9.17, 15) is 13.2 Å². The van der Waals surface area contributed by atoms with Gasteiger partial charge in [-0.2, -0.15) is 17.4 Å². The molecule has 106 valence electrons. The van der Waals surface area contributed by atoms with E-state index in [4.69, 9.17) is 10.2 Å². The molecule has 1 rings (SSSR count). The molecule has 0 heterocycles. The lowest BCUT2D eigenvalue weighted by atomic mass is 10.2. The largest absolute Gasteiger partial charge is 0.479 e. The Kier molecular flexibility index (Phi) is 5.43. The maximum Gasteiger partial charge on any atom is 0.333 e. The van der Waals surface area contributed by atoms with Crippen LogP contribution < -0.4 is 4.72 Å². The summed E-state index contributed by atoms with van der Waals surface area (Å²) in [6.45, 7) is -0.420. The van der Waals surface area contributed by atoms with Crippen molar-refractivity contribution >= 4 is 16.2 Å². The lowest BCUT2D eigenvalue weighted by Crippen LogP contribution is -2.43. The van der Waals surface area contributed by atoms with Crippen molar-refractivity contribution in [2.45, 2.75) is 12.6 Å². The molecule has 0 amide bonds. The van der Waals surface area contributed by atoms with Crippen LogP contribution in [0.2, 0.25) is 0 Å². The van der Waals surface area contributed by atoms with Gasteiger partial charge in [-0.05, 0) is 5.56 Å². The van der Waals surface area contributed by atoms with Gasteiger partial charge in [-0.25, -0.2) is 4.79 Å². The zero-order valence-electron chi connectivity index (χ0n) is 10.4. The molecule has 1 aromatic rings. The fourth-order valence-corrected chi connectivity index (χ4v) is 2.22. The van der Waals surface area contributed by atoms with Gasteiger partial charge < -0.3 is 10.2 Å². The van der Waals surface area contributed by atoms with Gasteiger partial charge in [0.1, 0.15) is 0 Å². The van der Waals surface area contributed by atoms with Crippen molar-refractivity contribution in [1.29, 1.82) is 0 Å². The number of aliphatic carboxylic acids is 1. The molecule has 0 saturated heterocycles. The Morgan fingerprint density at radius 3 is 2.47 bits per heavy atom. The van der Waals surface area contributed by atoms with E-state index < -0.39 is 28.8 Å². The summed E-state index contributed by atoms with van der Waals surface area (Å²) >= 11 is 0. The maximum atomic E-state index is 11.8. The number of hydrogen-bond acceptors (Lipinski definition) is 4. The second-order valence-electron chi connectivity index (χ2n) is 3.95. The van der Waals surface area contributed by atoms with Crippen LogP contribution in [-0.2, 0) is 21.5 Å². The summed E-state index contributed by atoms with van der Waals surface area (Å²) in [5.41, 5.74) is 0.800. The average Bonchev–Trinajstić information content (AvgIpc) is 2.37. The molecule has 0 aliphatic rings. The van der Waals surface area contributed by atoms with E-state index in [2.05, 4.69) is 0 Å². The molecule has 0 spiro atoms. The summed E-state index contributed by atoms with van der Waals surface area (Å²) in [5.74, 6) is -1.48. The Hall–Kier alpha value is -1.48. The molecule has 3 N–H and O–H groups in total. The van der Waals surface area contributed by atoms with Crippen molar-refractivity contribution in [3.8, 4) is 0 Å². The van der Waals surface area contributed by atoms with E-state index in [1.165, 1.54) is 7.05 Å². The molecule has 1 atom stereocenters. The molecule has 0 aliphatic heterocycles. The summed E-state index contributed by atoms with van der Waals surface area (Å²) in [6.07, 6.45) is -1.76. The SMILES string of the molecule is CN(Cc1ccccc1)S(=O)(=O)NC[C@H](O)C(=O)O. The topological polar surface area (TPSA) is 107 Å². The molecule has 19 heavy (non-hydrogen) atoms. The van der Waals surface area contributed by atoms with Crippen molar-refractivity contribution in [1.82, 2.24) is 9.03 Å². The maximum absolute atomic E-state index is 11.8. The first-order chi connectivity index (χ1) is 8.83. The lowest BCUT2D eigenvalue weighted by Gasteiger charge is -2.18. The number of benzene rings is 1. The quantitative estimate of drug-likeness (QED) is 0.621. The first-order valence-corrected chi connectivity index (χ1v) is 6.92. The minimum atomic E-state index is -3.83. The Morgan fingerprint density at radius 2 is 1.95 bits per heavy atom. The Labute approximate surface area is 111 Å². The highest BCUT2D eigenvalue weighted by Gasteiger charge is 2.21. The molecule has 0 radical (unpaired) electrons. The standard InChI is InChI=1S/C11H16N2O5S/c1-13(8-9-5-3-2-4-6-9)19(17,18)12-7-10(14)11(15)16/h2-6,10,12,14H,7-8H2,1H3,(H,15,16)/t10-/m0/s1. The van der Waals surface area contributed by atoms with Gasteiger partial charge in [0.05, 0.1) is 0 Å². The van der Waals surface area contributed by atoms with Gasteiger partial charge in [0.2, 0.25) is 0 Å². The van der Waals surface area contributed by atoms with Crippen molar-refractivity contribution in [3.05, 3.63) is 35.9 Å². The number of nitrogens with zero attached hydrogens (tertiary/aromatic N) is 1. The Morgan fingerprint density at radius 1 is 1.37 bits per heavy atom. The molecule has 0 fully saturated rings.